The number of nitro benzene ring substituents is 1. The standard InChI is InChI=1S/C14H10BrClN2O3/c1-8-2-3-9(6-13(8)18(20)21)14(19)17-12-7-10(15)4-5-11(12)16/h2-7H,1H3,(H,17,19). The molecule has 21 heavy (non-hydrogen) atoms. The van der Waals surface area contributed by atoms with E-state index in [0.29, 0.717) is 16.3 Å². The van der Waals surface area contributed by atoms with Gasteiger partial charge in [0.15, 0.2) is 0 Å². The Labute approximate surface area is 134 Å². The van der Waals surface area contributed by atoms with Crippen molar-refractivity contribution in [1.29, 1.82) is 0 Å². The number of rotatable bonds is 3. The first-order chi connectivity index (χ1) is 9.88. The Morgan fingerprint density at radius 1 is 1.29 bits per heavy atom. The minimum atomic E-state index is -0.516. The highest BCUT2D eigenvalue weighted by atomic mass is 79.9. The zero-order valence-corrected chi connectivity index (χ0v) is 13.2. The van der Waals surface area contributed by atoms with Crippen molar-refractivity contribution in [1.82, 2.24) is 0 Å². The first-order valence-electron chi connectivity index (χ1n) is 5.90. The molecule has 0 heterocycles. The van der Waals surface area contributed by atoms with Crippen LogP contribution in [0.5, 0.6) is 0 Å². The molecule has 0 aliphatic rings. The summed E-state index contributed by atoms with van der Waals surface area (Å²) >= 11 is 9.27. The van der Waals surface area contributed by atoms with E-state index in [-0.39, 0.29) is 11.3 Å². The summed E-state index contributed by atoms with van der Waals surface area (Å²) in [5.41, 5.74) is 1.03. The Balaban J connectivity index is 2.30. The van der Waals surface area contributed by atoms with Crippen molar-refractivity contribution < 1.29 is 9.72 Å². The molecule has 0 saturated carbocycles. The van der Waals surface area contributed by atoms with E-state index < -0.39 is 10.8 Å². The molecule has 2 rings (SSSR count). The molecule has 0 aliphatic heterocycles. The molecule has 0 aliphatic carbocycles. The summed E-state index contributed by atoms with van der Waals surface area (Å²) in [5.74, 6) is -0.460. The number of halogens is 2. The topological polar surface area (TPSA) is 72.2 Å². The summed E-state index contributed by atoms with van der Waals surface area (Å²) in [6, 6.07) is 9.35. The largest absolute Gasteiger partial charge is 0.321 e. The van der Waals surface area contributed by atoms with Crippen molar-refractivity contribution in [2.24, 2.45) is 0 Å². The van der Waals surface area contributed by atoms with Gasteiger partial charge in [0.1, 0.15) is 0 Å². The lowest BCUT2D eigenvalue weighted by atomic mass is 10.1. The van der Waals surface area contributed by atoms with Crippen LogP contribution in [0.25, 0.3) is 0 Å². The number of anilines is 1. The number of nitrogens with zero attached hydrogens (tertiary/aromatic N) is 1. The molecular weight excluding hydrogens is 360 g/mol. The molecule has 0 unspecified atom stereocenters. The highest BCUT2D eigenvalue weighted by Crippen LogP contribution is 2.27. The van der Waals surface area contributed by atoms with Crippen LogP contribution in [0, 0.1) is 17.0 Å². The molecule has 0 spiro atoms. The van der Waals surface area contributed by atoms with E-state index in [0.717, 1.165) is 4.47 Å². The first kappa shape index (κ1) is 15.5. The van der Waals surface area contributed by atoms with Crippen LogP contribution in [0.2, 0.25) is 5.02 Å². The highest BCUT2D eigenvalue weighted by Gasteiger charge is 2.15. The van der Waals surface area contributed by atoms with E-state index in [1.165, 1.54) is 18.2 Å². The van der Waals surface area contributed by atoms with E-state index in [1.54, 1.807) is 25.1 Å². The van der Waals surface area contributed by atoms with Crippen molar-refractivity contribution in [2.45, 2.75) is 6.92 Å². The lowest BCUT2D eigenvalue weighted by molar-refractivity contribution is -0.385. The Morgan fingerprint density at radius 2 is 2.00 bits per heavy atom. The molecule has 1 amide bonds. The third-order valence-electron chi connectivity index (χ3n) is 2.84. The third kappa shape index (κ3) is 3.59. The summed E-state index contributed by atoms with van der Waals surface area (Å²) in [5, 5.41) is 13.9. The fraction of sp³-hybridized carbons (Fsp3) is 0.0714. The number of aryl methyl sites for hydroxylation is 1. The predicted molar refractivity (Wildman–Crippen MR) is 84.9 cm³/mol. The van der Waals surface area contributed by atoms with Gasteiger partial charge in [-0.3, -0.25) is 14.9 Å². The van der Waals surface area contributed by atoms with Crippen LogP contribution < -0.4 is 5.32 Å². The number of carbonyl (C=O) groups is 1. The van der Waals surface area contributed by atoms with E-state index >= 15 is 0 Å². The average molecular weight is 370 g/mol. The van der Waals surface area contributed by atoms with Crippen molar-refractivity contribution in [2.75, 3.05) is 5.32 Å². The number of nitrogens with one attached hydrogen (secondary N) is 1. The predicted octanol–water partition coefficient (Wildman–Crippen LogP) is 4.57. The number of hydrogen-bond acceptors (Lipinski definition) is 3. The van der Waals surface area contributed by atoms with Crippen molar-refractivity contribution in [3.05, 3.63) is 67.1 Å². The first-order valence-corrected chi connectivity index (χ1v) is 7.07. The second kappa shape index (κ2) is 6.24. The maximum absolute atomic E-state index is 12.2. The van der Waals surface area contributed by atoms with Gasteiger partial charge in [0, 0.05) is 21.7 Å². The van der Waals surface area contributed by atoms with Gasteiger partial charge in [-0.05, 0) is 31.2 Å². The number of amides is 1. The highest BCUT2D eigenvalue weighted by molar-refractivity contribution is 9.10. The second-order valence-electron chi connectivity index (χ2n) is 4.34. The number of nitro groups is 1. The smallest absolute Gasteiger partial charge is 0.273 e. The van der Waals surface area contributed by atoms with Crippen LogP contribution in [0.1, 0.15) is 15.9 Å². The van der Waals surface area contributed by atoms with Gasteiger partial charge in [-0.15, -0.1) is 0 Å². The number of hydrogen-bond donors (Lipinski definition) is 1. The van der Waals surface area contributed by atoms with Crippen LogP contribution in [0.4, 0.5) is 11.4 Å². The van der Waals surface area contributed by atoms with Gasteiger partial charge in [0.2, 0.25) is 0 Å². The Bertz CT molecular complexity index is 734. The zero-order chi connectivity index (χ0) is 15.6. The Hall–Kier alpha value is -1.92. The van der Waals surface area contributed by atoms with E-state index in [4.69, 9.17) is 11.6 Å². The number of carbonyl (C=O) groups excluding carboxylic acids is 1. The van der Waals surface area contributed by atoms with Gasteiger partial charge in [0.25, 0.3) is 11.6 Å². The molecule has 0 radical (unpaired) electrons. The maximum Gasteiger partial charge on any atom is 0.273 e. The van der Waals surface area contributed by atoms with Gasteiger partial charge < -0.3 is 5.32 Å². The summed E-state index contributed by atoms with van der Waals surface area (Å²) in [7, 11) is 0. The Kier molecular flexibility index (Phi) is 4.59. The molecule has 2 aromatic rings. The average Bonchev–Trinajstić information content (AvgIpc) is 2.43. The third-order valence-corrected chi connectivity index (χ3v) is 3.67. The van der Waals surface area contributed by atoms with Crippen LogP contribution >= 0.6 is 27.5 Å². The molecule has 1 N–H and O–H groups in total. The Morgan fingerprint density at radius 3 is 2.67 bits per heavy atom. The van der Waals surface area contributed by atoms with Gasteiger partial charge in [0.05, 0.1) is 15.6 Å². The quantitative estimate of drug-likeness (QED) is 0.636. The zero-order valence-electron chi connectivity index (χ0n) is 10.9. The lowest BCUT2D eigenvalue weighted by Gasteiger charge is -2.08. The second-order valence-corrected chi connectivity index (χ2v) is 5.66. The van der Waals surface area contributed by atoms with Crippen LogP contribution in [-0.4, -0.2) is 10.8 Å². The SMILES string of the molecule is Cc1ccc(C(=O)Nc2cc(Br)ccc2Cl)cc1[N+](=O)[O-]. The summed E-state index contributed by atoms with van der Waals surface area (Å²) in [6.45, 7) is 1.62. The van der Waals surface area contributed by atoms with Gasteiger partial charge >= 0.3 is 0 Å². The molecule has 2 aromatic carbocycles. The van der Waals surface area contributed by atoms with Crippen LogP contribution in [-0.2, 0) is 0 Å². The van der Waals surface area contributed by atoms with E-state index in [1.807, 2.05) is 0 Å². The number of benzene rings is 2. The van der Waals surface area contributed by atoms with E-state index in [9.17, 15) is 14.9 Å². The molecular formula is C14H10BrClN2O3. The van der Waals surface area contributed by atoms with Crippen molar-refractivity contribution >= 4 is 44.8 Å². The maximum atomic E-state index is 12.2. The molecule has 7 heteroatoms. The van der Waals surface area contributed by atoms with Gasteiger partial charge in [-0.2, -0.15) is 0 Å². The van der Waals surface area contributed by atoms with E-state index in [2.05, 4.69) is 21.2 Å². The molecule has 108 valence electrons. The van der Waals surface area contributed by atoms with Gasteiger partial charge in [-0.1, -0.05) is 33.6 Å². The molecule has 5 nitrogen and oxygen atoms in total. The van der Waals surface area contributed by atoms with Crippen LogP contribution in [0.3, 0.4) is 0 Å². The normalized spacial score (nSPS) is 10.2. The minimum Gasteiger partial charge on any atom is -0.321 e. The van der Waals surface area contributed by atoms with Crippen molar-refractivity contribution in [3.8, 4) is 0 Å². The summed E-state index contributed by atoms with van der Waals surface area (Å²) in [6.07, 6.45) is 0. The minimum absolute atomic E-state index is 0.0945. The van der Waals surface area contributed by atoms with Crippen molar-refractivity contribution in [3.63, 3.8) is 0 Å². The molecule has 0 atom stereocenters. The fourth-order valence-electron chi connectivity index (χ4n) is 1.74. The molecule has 0 bridgehead atoms. The molecule has 0 aromatic heterocycles. The lowest BCUT2D eigenvalue weighted by Crippen LogP contribution is -2.12. The molecule has 0 saturated heterocycles. The summed E-state index contributed by atoms with van der Waals surface area (Å²) < 4.78 is 0.761. The summed E-state index contributed by atoms with van der Waals surface area (Å²) in [4.78, 5) is 22.5. The van der Waals surface area contributed by atoms with Gasteiger partial charge in [-0.25, -0.2) is 0 Å². The fourth-order valence-corrected chi connectivity index (χ4v) is 2.26. The van der Waals surface area contributed by atoms with Crippen LogP contribution in [0.15, 0.2) is 40.9 Å². The monoisotopic (exact) mass is 368 g/mol. The molecule has 0 fully saturated rings.